The van der Waals surface area contributed by atoms with Crippen LogP contribution in [0.4, 0.5) is 0 Å². The fourth-order valence-corrected chi connectivity index (χ4v) is 7.94. The predicted octanol–water partition coefficient (Wildman–Crippen LogP) is 13.0. The van der Waals surface area contributed by atoms with Crippen LogP contribution in [0.15, 0.2) is 54.4 Å². The first kappa shape index (κ1) is 39.1. The number of aromatic nitrogens is 1. The van der Waals surface area contributed by atoms with Crippen LogP contribution in [0.5, 0.6) is 0 Å². The Kier molecular flexibility index (Phi) is 12.8. The second kappa shape index (κ2) is 15.5. The zero-order valence-corrected chi connectivity index (χ0v) is 34.1. The van der Waals surface area contributed by atoms with Crippen molar-refractivity contribution in [1.29, 1.82) is 0 Å². The predicted molar refractivity (Wildman–Crippen MR) is 203 cm³/mol. The van der Waals surface area contributed by atoms with Crippen molar-refractivity contribution in [1.82, 2.24) is 4.98 Å². The van der Waals surface area contributed by atoms with Crippen LogP contribution in [0.3, 0.4) is 0 Å². The van der Waals surface area contributed by atoms with Crippen molar-refractivity contribution in [2.45, 2.75) is 108 Å². The Bertz CT molecular complexity index is 1860. The summed E-state index contributed by atoms with van der Waals surface area (Å²) in [6.45, 7) is 23.3. The Balaban J connectivity index is 0.000000290. The molecule has 3 nitrogen and oxygen atoms in total. The summed E-state index contributed by atoms with van der Waals surface area (Å²) in [5.41, 5.74) is 3.40. The number of thiophene rings is 2. The van der Waals surface area contributed by atoms with E-state index in [4.69, 9.17) is 4.98 Å². The molecule has 3 aromatic heterocycles. The van der Waals surface area contributed by atoms with Gasteiger partial charge in [0.05, 0.1) is 0 Å². The molecule has 0 bridgehead atoms. The van der Waals surface area contributed by atoms with E-state index in [0.29, 0.717) is 5.41 Å². The molecule has 0 unspecified atom stereocenters. The van der Waals surface area contributed by atoms with Gasteiger partial charge in [-0.2, -0.15) is 11.6 Å². The van der Waals surface area contributed by atoms with E-state index >= 15 is 0 Å². The third kappa shape index (κ3) is 8.62. The summed E-state index contributed by atoms with van der Waals surface area (Å²) in [4.78, 5) is 19.4. The number of aryl methyl sites for hydroxylation is 2. The minimum absolute atomic E-state index is 0. The van der Waals surface area contributed by atoms with Crippen LogP contribution in [0.2, 0.25) is 0 Å². The van der Waals surface area contributed by atoms with Gasteiger partial charge in [0.2, 0.25) is 0 Å². The number of ketones is 1. The molecule has 6 heteroatoms. The van der Waals surface area contributed by atoms with Gasteiger partial charge in [-0.3, -0.25) is 4.79 Å². The monoisotopic (exact) mass is 847 g/mol. The van der Waals surface area contributed by atoms with E-state index in [1.54, 1.807) is 11.3 Å². The number of carbonyl (C=O) groups excluding carboxylic acids is 1. The van der Waals surface area contributed by atoms with Gasteiger partial charge < -0.3 is 10.1 Å². The van der Waals surface area contributed by atoms with E-state index in [-0.39, 0.29) is 42.5 Å². The minimum atomic E-state index is -0.337. The largest absolute Gasteiger partial charge is 0.512 e. The van der Waals surface area contributed by atoms with Gasteiger partial charge in [0.1, 0.15) is 5.76 Å². The van der Waals surface area contributed by atoms with Gasteiger partial charge in [0.25, 0.3) is 0 Å². The average molecular weight is 847 g/mol. The Morgan fingerprint density at radius 3 is 2.04 bits per heavy atom. The van der Waals surface area contributed by atoms with Crippen LogP contribution in [-0.2, 0) is 31.3 Å². The molecule has 1 radical (unpaired) electrons. The smallest absolute Gasteiger partial charge is 0.164 e. The summed E-state index contributed by atoms with van der Waals surface area (Å²) in [6.07, 6.45) is 7.79. The van der Waals surface area contributed by atoms with E-state index in [2.05, 4.69) is 77.1 Å². The van der Waals surface area contributed by atoms with Crippen LogP contribution < -0.4 is 0 Å². The fraction of sp³-hybridized carbons (Fsp3) is 0.463. The van der Waals surface area contributed by atoms with E-state index in [0.717, 1.165) is 42.7 Å². The van der Waals surface area contributed by atoms with Gasteiger partial charge in [0.15, 0.2) is 5.78 Å². The molecule has 0 aliphatic carbocycles. The van der Waals surface area contributed by atoms with Crippen molar-refractivity contribution in [3.63, 3.8) is 0 Å². The van der Waals surface area contributed by atoms with Crippen molar-refractivity contribution in [2.75, 3.05) is 0 Å². The number of allylic oxidation sites excluding steroid dienone is 2. The fourth-order valence-electron chi connectivity index (χ4n) is 5.68. The standard InChI is InChI=1S/C26H24NS2.C15H28O2.Ir/c1-15-10-23(28-16(15)2)24-25-20(8-9-27-24)21-12-18-7-6-17(14-26(3,4)5)11-19(18)13-22(21)29-25;1-7-14(5,8-2)12(16)11-13(17)15(6,9-3)10-4;/h6-9,11-13H,14H2,1-5H3;11,16H,7-10H2,1-6H3;/q-1;;/b;12-11-;. The maximum atomic E-state index is 12.2. The molecule has 0 saturated carbocycles. The number of aliphatic hydroxyl groups excluding tert-OH is 1. The minimum Gasteiger partial charge on any atom is -0.512 e. The third-order valence-corrected chi connectivity index (χ3v) is 12.3. The van der Waals surface area contributed by atoms with Crippen molar-refractivity contribution in [2.24, 2.45) is 16.2 Å². The van der Waals surface area contributed by atoms with E-state index in [1.165, 1.54) is 53.0 Å². The Morgan fingerprint density at radius 1 is 0.851 bits per heavy atom. The summed E-state index contributed by atoms with van der Waals surface area (Å²) in [7, 11) is 0. The summed E-state index contributed by atoms with van der Waals surface area (Å²) >= 11 is 3.65. The molecule has 5 rings (SSSR count). The van der Waals surface area contributed by atoms with Gasteiger partial charge in [-0.1, -0.05) is 104 Å². The van der Waals surface area contributed by atoms with Gasteiger partial charge >= 0.3 is 0 Å². The Hall–Kier alpha value is -2.37. The number of fused-ring (bicyclic) bond motifs is 4. The molecular formula is C41H52IrNO2S2-. The molecule has 1 N–H and O–H groups in total. The SMILES string of the molecule is CCC(C)(CC)C(=O)/C=C(\O)C(C)(CC)CC.Cc1[c-]c(-c2nccc3c2sc2cc4cc(CC(C)(C)C)ccc4cc23)sc1C.[Ir]. The normalized spacial score (nSPS) is 12.7. The topological polar surface area (TPSA) is 50.2 Å². The van der Waals surface area contributed by atoms with E-state index in [1.807, 2.05) is 59.1 Å². The molecule has 47 heavy (non-hydrogen) atoms. The molecule has 0 spiro atoms. The van der Waals surface area contributed by atoms with Crippen molar-refractivity contribution >= 4 is 59.4 Å². The number of carbonyl (C=O) groups is 1. The number of nitrogens with zero attached hydrogens (tertiary/aromatic N) is 1. The van der Waals surface area contributed by atoms with Crippen molar-refractivity contribution < 1.29 is 30.0 Å². The number of benzene rings is 2. The molecule has 0 fully saturated rings. The van der Waals surface area contributed by atoms with Gasteiger partial charge in [-0.15, -0.1) is 11.3 Å². The molecule has 3 heterocycles. The number of hydrogen-bond acceptors (Lipinski definition) is 5. The first-order valence-electron chi connectivity index (χ1n) is 16.8. The number of rotatable bonds is 9. The zero-order chi connectivity index (χ0) is 34.0. The van der Waals surface area contributed by atoms with Crippen LogP contribution in [0, 0.1) is 36.2 Å². The molecule has 0 atom stereocenters. The van der Waals surface area contributed by atoms with Crippen molar-refractivity contribution in [3.05, 3.63) is 76.5 Å². The molecule has 2 aromatic carbocycles. The quantitative estimate of drug-likeness (QED) is 0.0913. The molecule has 255 valence electrons. The molecule has 5 aromatic rings. The second-order valence-electron chi connectivity index (χ2n) is 14.6. The van der Waals surface area contributed by atoms with Crippen LogP contribution >= 0.6 is 22.7 Å². The Labute approximate surface area is 304 Å². The van der Waals surface area contributed by atoms with E-state index < -0.39 is 0 Å². The zero-order valence-electron chi connectivity index (χ0n) is 30.1. The summed E-state index contributed by atoms with van der Waals surface area (Å²) in [5, 5.41) is 15.4. The van der Waals surface area contributed by atoms with E-state index in [9.17, 15) is 9.90 Å². The second-order valence-corrected chi connectivity index (χ2v) is 16.8. The van der Waals surface area contributed by atoms with Crippen LogP contribution in [0.1, 0.15) is 104 Å². The Morgan fingerprint density at radius 2 is 1.49 bits per heavy atom. The first-order valence-corrected chi connectivity index (χ1v) is 18.4. The summed E-state index contributed by atoms with van der Waals surface area (Å²) in [5.74, 6) is 0.286. The summed E-state index contributed by atoms with van der Waals surface area (Å²) < 4.78 is 2.60. The average Bonchev–Trinajstić information content (AvgIpc) is 3.56. The molecule has 0 aliphatic rings. The van der Waals surface area contributed by atoms with Crippen LogP contribution in [0.25, 0.3) is 41.5 Å². The van der Waals surface area contributed by atoms with Gasteiger partial charge in [-0.25, -0.2) is 11.3 Å². The number of hydrogen-bond donors (Lipinski definition) is 1. The molecule has 0 aliphatic heterocycles. The van der Waals surface area contributed by atoms with Gasteiger partial charge in [0, 0.05) is 52.6 Å². The van der Waals surface area contributed by atoms with Gasteiger partial charge in [-0.05, 0) is 88.5 Å². The number of pyridine rings is 1. The summed E-state index contributed by atoms with van der Waals surface area (Å²) in [6, 6.07) is 17.3. The van der Waals surface area contributed by atoms with Crippen molar-refractivity contribution in [3.8, 4) is 10.6 Å². The molecular weight excluding hydrogens is 795 g/mol. The van der Waals surface area contributed by atoms with Crippen LogP contribution in [-0.4, -0.2) is 15.9 Å². The maximum Gasteiger partial charge on any atom is 0.164 e. The number of aliphatic hydroxyl groups is 1. The first-order chi connectivity index (χ1) is 21.6. The third-order valence-electron chi connectivity index (χ3n) is 10.0. The molecule has 0 amide bonds. The maximum absolute atomic E-state index is 12.2. The molecule has 0 saturated heterocycles.